The fraction of sp³-hybridized carbons (Fsp3) is 0.515. The summed E-state index contributed by atoms with van der Waals surface area (Å²) < 4.78 is 26.3. The van der Waals surface area contributed by atoms with Gasteiger partial charge in [-0.15, -0.1) is 0 Å². The van der Waals surface area contributed by atoms with Crippen molar-refractivity contribution in [3.8, 4) is 11.5 Å². The van der Waals surface area contributed by atoms with E-state index in [1.54, 1.807) is 76.0 Å². The molecule has 2 aliphatic rings. The molecule has 0 unspecified atom stereocenters. The van der Waals surface area contributed by atoms with Crippen molar-refractivity contribution in [3.63, 3.8) is 0 Å². The lowest BCUT2D eigenvalue weighted by Gasteiger charge is -2.39. The maximum Gasteiger partial charge on any atom is 0.337 e. The summed E-state index contributed by atoms with van der Waals surface area (Å²) in [6, 6.07) is 9.56. The number of fused-ring (bicyclic) bond motifs is 2. The van der Waals surface area contributed by atoms with Crippen molar-refractivity contribution in [3.05, 3.63) is 47.5 Å². The van der Waals surface area contributed by atoms with Gasteiger partial charge in [0.2, 0.25) is 0 Å². The molecule has 0 bridgehead atoms. The molecule has 2 heterocycles. The molecule has 4 rings (SSSR count). The number of carboxylic acids is 1. The quantitative estimate of drug-likeness (QED) is 0.259. The smallest absolute Gasteiger partial charge is 0.337 e. The van der Waals surface area contributed by atoms with Crippen LogP contribution in [0.5, 0.6) is 11.5 Å². The van der Waals surface area contributed by atoms with Crippen molar-refractivity contribution < 1.29 is 48.0 Å². The Labute approximate surface area is 264 Å². The van der Waals surface area contributed by atoms with Gasteiger partial charge in [-0.25, -0.2) is 9.59 Å². The van der Waals surface area contributed by atoms with Gasteiger partial charge in [0.15, 0.2) is 11.2 Å². The fourth-order valence-corrected chi connectivity index (χ4v) is 4.99. The molecular formula is C33H44N2O10. The minimum atomic E-state index is -1.03. The molecule has 12 heteroatoms. The van der Waals surface area contributed by atoms with Gasteiger partial charge in [-0.3, -0.25) is 9.59 Å². The zero-order chi connectivity index (χ0) is 33.4. The monoisotopic (exact) mass is 628 g/mol. The molecule has 12 nitrogen and oxygen atoms in total. The van der Waals surface area contributed by atoms with Gasteiger partial charge < -0.3 is 38.6 Å². The average Bonchev–Trinajstić information content (AvgIpc) is 3.00. The zero-order valence-electron chi connectivity index (χ0n) is 27.1. The van der Waals surface area contributed by atoms with Gasteiger partial charge in [-0.1, -0.05) is 0 Å². The number of anilines is 2. The minimum absolute atomic E-state index is 0.121. The molecule has 0 atom stereocenters. The zero-order valence-corrected chi connectivity index (χ0v) is 27.1. The molecule has 1 N–H and O–H groups in total. The predicted molar refractivity (Wildman–Crippen MR) is 168 cm³/mol. The number of aromatic carboxylic acids is 1. The van der Waals surface area contributed by atoms with Gasteiger partial charge in [-0.2, -0.15) is 0 Å². The fourth-order valence-electron chi connectivity index (χ4n) is 4.99. The Kier molecular flexibility index (Phi) is 11.9. The molecule has 0 saturated heterocycles. The second-order valence-electron chi connectivity index (χ2n) is 11.7. The Morgan fingerprint density at radius 3 is 1.53 bits per heavy atom. The lowest BCUT2D eigenvalue weighted by Crippen LogP contribution is -2.52. The van der Waals surface area contributed by atoms with Gasteiger partial charge in [0, 0.05) is 40.5 Å². The van der Waals surface area contributed by atoms with E-state index in [2.05, 4.69) is 0 Å². The van der Waals surface area contributed by atoms with Crippen LogP contribution in [0.25, 0.3) is 0 Å². The molecule has 0 aliphatic carbocycles. The number of amides is 2. The molecule has 45 heavy (non-hydrogen) atoms. The van der Waals surface area contributed by atoms with Crippen LogP contribution in [0.3, 0.4) is 0 Å². The number of hydrogen-bond acceptors (Lipinski definition) is 9. The molecule has 0 radical (unpaired) electrons. The van der Waals surface area contributed by atoms with Crippen LogP contribution in [-0.2, 0) is 23.8 Å². The summed E-state index contributed by atoms with van der Waals surface area (Å²) in [5.41, 5.74) is -0.239. The van der Waals surface area contributed by atoms with Crippen molar-refractivity contribution >= 4 is 35.1 Å². The van der Waals surface area contributed by atoms with Gasteiger partial charge in [-0.05, 0) is 89.8 Å². The third kappa shape index (κ3) is 8.52. The first-order valence-electron chi connectivity index (χ1n) is 14.9. The van der Waals surface area contributed by atoms with E-state index in [0.29, 0.717) is 54.7 Å². The van der Waals surface area contributed by atoms with Gasteiger partial charge in [0.1, 0.15) is 11.5 Å². The van der Waals surface area contributed by atoms with Crippen molar-refractivity contribution in [2.45, 2.75) is 64.6 Å². The Bertz CT molecular complexity index is 1390. The normalized spacial score (nSPS) is 16.0. The topological polar surface area (TPSA) is 141 Å². The Morgan fingerprint density at radius 1 is 0.711 bits per heavy atom. The first-order chi connectivity index (χ1) is 21.3. The van der Waals surface area contributed by atoms with E-state index in [9.17, 15) is 19.2 Å². The Morgan fingerprint density at radius 2 is 1.13 bits per heavy atom. The predicted octanol–water partition coefficient (Wildman–Crippen LogP) is 4.72. The highest BCUT2D eigenvalue weighted by molar-refractivity contribution is 6.04. The highest BCUT2D eigenvalue weighted by Gasteiger charge is 2.42. The summed E-state index contributed by atoms with van der Waals surface area (Å²) in [6.45, 7) is 9.25. The molecule has 0 saturated carbocycles. The van der Waals surface area contributed by atoms with E-state index in [0.717, 1.165) is 25.7 Å². The lowest BCUT2D eigenvalue weighted by molar-refractivity contribution is -0.133. The number of methoxy groups -OCH3 is 3. The number of ether oxygens (including phenoxy) is 5. The second-order valence-corrected chi connectivity index (χ2v) is 11.7. The van der Waals surface area contributed by atoms with E-state index in [4.69, 9.17) is 28.8 Å². The van der Waals surface area contributed by atoms with E-state index >= 15 is 0 Å². The number of carbonyl (C=O) groups excluding carboxylic acids is 3. The summed E-state index contributed by atoms with van der Waals surface area (Å²) in [6.07, 6.45) is 3.26. The number of benzene rings is 2. The van der Waals surface area contributed by atoms with E-state index in [1.807, 2.05) is 0 Å². The summed E-state index contributed by atoms with van der Waals surface area (Å²) >= 11 is 0. The van der Waals surface area contributed by atoms with Gasteiger partial charge >= 0.3 is 11.9 Å². The number of carboxylic acid groups (broad SMARTS) is 1. The highest BCUT2D eigenvalue weighted by Crippen LogP contribution is 2.40. The number of carbonyl (C=O) groups is 4. The van der Waals surface area contributed by atoms with E-state index in [1.165, 1.54) is 19.2 Å². The molecule has 2 aromatic rings. The SMILES string of the molecule is COCCCCN1C(=O)C(C)(C)Oc2ccc(C(=O)O)cc21.COCCCCN1C(=O)C(C)(C)Oc2ccc(C(=O)OC)cc21. The molecule has 246 valence electrons. The number of nitrogens with zero attached hydrogens (tertiary/aromatic N) is 2. The van der Waals surface area contributed by atoms with E-state index < -0.39 is 23.1 Å². The molecule has 0 fully saturated rings. The van der Waals surface area contributed by atoms with Crippen LogP contribution in [0.15, 0.2) is 36.4 Å². The molecule has 2 amide bonds. The van der Waals surface area contributed by atoms with Crippen LogP contribution in [0.4, 0.5) is 11.4 Å². The van der Waals surface area contributed by atoms with Crippen LogP contribution < -0.4 is 19.3 Å². The highest BCUT2D eigenvalue weighted by atomic mass is 16.5. The van der Waals surface area contributed by atoms with Crippen molar-refractivity contribution in [1.82, 2.24) is 0 Å². The number of hydrogen-bond donors (Lipinski definition) is 1. The Hall–Kier alpha value is -4.16. The van der Waals surface area contributed by atoms with Crippen molar-refractivity contribution in [2.24, 2.45) is 0 Å². The number of rotatable bonds is 12. The minimum Gasteiger partial charge on any atom is -0.478 e. The third-order valence-electron chi connectivity index (χ3n) is 7.38. The molecule has 2 aliphatic heterocycles. The average molecular weight is 629 g/mol. The van der Waals surface area contributed by atoms with Crippen molar-refractivity contribution in [2.75, 3.05) is 57.4 Å². The van der Waals surface area contributed by atoms with Crippen LogP contribution in [0, 0.1) is 0 Å². The number of unbranched alkanes of at least 4 members (excludes halogenated alkanes) is 2. The van der Waals surface area contributed by atoms with Gasteiger partial charge in [0.05, 0.1) is 29.6 Å². The van der Waals surface area contributed by atoms with Gasteiger partial charge in [0.25, 0.3) is 11.8 Å². The summed E-state index contributed by atoms with van der Waals surface area (Å²) in [5.74, 6) is -0.636. The Balaban J connectivity index is 0.000000246. The summed E-state index contributed by atoms with van der Waals surface area (Å²) in [4.78, 5) is 51.4. The molecular weight excluding hydrogens is 584 g/mol. The largest absolute Gasteiger partial charge is 0.478 e. The summed E-state index contributed by atoms with van der Waals surface area (Å²) in [5, 5.41) is 9.13. The lowest BCUT2D eigenvalue weighted by atomic mass is 10.0. The number of esters is 1. The van der Waals surface area contributed by atoms with Crippen LogP contribution in [0.1, 0.15) is 74.1 Å². The first-order valence-corrected chi connectivity index (χ1v) is 14.9. The standard InChI is InChI=1S/C17H23NO5.C16H21NO5/c1-17(2)16(20)18(9-5-6-10-21-3)13-11-12(15(19)22-4)7-8-14(13)23-17;1-16(2)15(20)17(8-4-5-9-21-3)12-10-11(14(18)19)6-7-13(12)22-16/h7-8,11H,5-6,9-10H2,1-4H3;6-7,10H,4-5,8-9H2,1-3H3,(H,18,19). The molecule has 2 aromatic carbocycles. The summed E-state index contributed by atoms with van der Waals surface area (Å²) in [7, 11) is 4.62. The molecule has 0 aromatic heterocycles. The maximum absolute atomic E-state index is 12.7. The third-order valence-corrected chi connectivity index (χ3v) is 7.38. The second kappa shape index (κ2) is 15.2. The van der Waals surface area contributed by atoms with Crippen molar-refractivity contribution in [1.29, 1.82) is 0 Å². The van der Waals surface area contributed by atoms with E-state index in [-0.39, 0.29) is 17.4 Å². The van der Waals surface area contributed by atoms with Crippen LogP contribution in [-0.4, -0.2) is 87.7 Å². The maximum atomic E-state index is 12.7. The first kappa shape index (κ1) is 35.3. The molecule has 0 spiro atoms. The van der Waals surface area contributed by atoms with Crippen LogP contribution >= 0.6 is 0 Å². The van der Waals surface area contributed by atoms with Crippen LogP contribution in [0.2, 0.25) is 0 Å².